The number of aliphatic hydroxyl groups is 1. The van der Waals surface area contributed by atoms with E-state index >= 15 is 0 Å². The zero-order chi connectivity index (χ0) is 14.0. The van der Waals surface area contributed by atoms with Gasteiger partial charge in [0, 0.05) is 10.6 Å². The van der Waals surface area contributed by atoms with Gasteiger partial charge < -0.3 is 9.84 Å². The molecular weight excluding hydrogens is 260 g/mol. The average molecular weight is 277 g/mol. The summed E-state index contributed by atoms with van der Waals surface area (Å²) >= 11 is 5.92. The molecule has 0 radical (unpaired) electrons. The van der Waals surface area contributed by atoms with Gasteiger partial charge in [-0.2, -0.15) is 0 Å². The van der Waals surface area contributed by atoms with Crippen LogP contribution in [0.15, 0.2) is 30.3 Å². The van der Waals surface area contributed by atoms with E-state index < -0.39 is 0 Å². The Hall–Kier alpha value is -1.51. The Morgan fingerprint density at radius 3 is 2.42 bits per heavy atom. The van der Waals surface area contributed by atoms with Gasteiger partial charge in [0.1, 0.15) is 11.5 Å². The first-order valence-corrected chi connectivity index (χ1v) is 6.54. The predicted molar refractivity (Wildman–Crippen MR) is 78.1 cm³/mol. The fourth-order valence-electron chi connectivity index (χ4n) is 1.96. The molecule has 100 valence electrons. The standard InChI is InChI=1S/C16H17ClO2/c1-10-4-5-11(2)16(12(10)3)19-15-7-6-14(17)8-13(15)9-18/h4-8,18H,9H2,1-3H3. The Bertz CT molecular complexity index is 606. The summed E-state index contributed by atoms with van der Waals surface area (Å²) in [6.07, 6.45) is 0. The molecule has 2 rings (SSSR count). The second-order valence-corrected chi connectivity index (χ2v) is 5.10. The maximum Gasteiger partial charge on any atom is 0.133 e. The van der Waals surface area contributed by atoms with Crippen LogP contribution in [0.3, 0.4) is 0 Å². The highest BCUT2D eigenvalue weighted by Gasteiger charge is 2.10. The van der Waals surface area contributed by atoms with E-state index in [0.717, 1.165) is 16.9 Å². The minimum Gasteiger partial charge on any atom is -0.456 e. The summed E-state index contributed by atoms with van der Waals surface area (Å²) in [6, 6.07) is 9.38. The van der Waals surface area contributed by atoms with E-state index in [1.807, 2.05) is 19.9 Å². The minimum absolute atomic E-state index is 0.0974. The lowest BCUT2D eigenvalue weighted by Crippen LogP contribution is -1.96. The highest BCUT2D eigenvalue weighted by molar-refractivity contribution is 6.30. The van der Waals surface area contributed by atoms with Crippen molar-refractivity contribution in [2.75, 3.05) is 0 Å². The molecule has 3 heteroatoms. The number of aryl methyl sites for hydroxylation is 2. The van der Waals surface area contributed by atoms with Crippen LogP contribution in [0.5, 0.6) is 11.5 Å². The molecule has 0 bridgehead atoms. The summed E-state index contributed by atoms with van der Waals surface area (Å²) in [5.74, 6) is 1.49. The second-order valence-electron chi connectivity index (χ2n) is 4.67. The second kappa shape index (κ2) is 5.64. The first-order valence-electron chi connectivity index (χ1n) is 6.17. The Morgan fingerprint density at radius 1 is 1.05 bits per heavy atom. The van der Waals surface area contributed by atoms with Gasteiger partial charge in [-0.05, 0) is 55.7 Å². The van der Waals surface area contributed by atoms with E-state index in [9.17, 15) is 5.11 Å². The molecule has 1 N–H and O–H groups in total. The van der Waals surface area contributed by atoms with Crippen LogP contribution in [0.4, 0.5) is 0 Å². The zero-order valence-corrected chi connectivity index (χ0v) is 12.1. The van der Waals surface area contributed by atoms with Crippen molar-refractivity contribution < 1.29 is 9.84 Å². The molecule has 2 nitrogen and oxygen atoms in total. The third kappa shape index (κ3) is 2.91. The molecule has 0 aliphatic heterocycles. The fraction of sp³-hybridized carbons (Fsp3) is 0.250. The maximum atomic E-state index is 9.38. The molecule has 19 heavy (non-hydrogen) atoms. The summed E-state index contributed by atoms with van der Waals surface area (Å²) in [6.45, 7) is 6.00. The van der Waals surface area contributed by atoms with Crippen LogP contribution in [0.25, 0.3) is 0 Å². The van der Waals surface area contributed by atoms with E-state index in [-0.39, 0.29) is 6.61 Å². The van der Waals surface area contributed by atoms with Gasteiger partial charge in [-0.3, -0.25) is 0 Å². The lowest BCUT2D eigenvalue weighted by molar-refractivity contribution is 0.276. The maximum absolute atomic E-state index is 9.38. The molecule has 0 amide bonds. The first kappa shape index (κ1) is 13.9. The van der Waals surface area contributed by atoms with Gasteiger partial charge in [0.15, 0.2) is 0 Å². The first-order chi connectivity index (χ1) is 9.02. The molecule has 0 saturated carbocycles. The SMILES string of the molecule is Cc1ccc(C)c(Oc2ccc(Cl)cc2CO)c1C. The van der Waals surface area contributed by atoms with Crippen molar-refractivity contribution in [3.05, 3.63) is 57.6 Å². The van der Waals surface area contributed by atoms with Crippen LogP contribution < -0.4 is 4.74 Å². The molecule has 0 saturated heterocycles. The van der Waals surface area contributed by atoms with Gasteiger partial charge in [0.2, 0.25) is 0 Å². The van der Waals surface area contributed by atoms with Crippen LogP contribution >= 0.6 is 11.6 Å². The summed E-state index contributed by atoms with van der Waals surface area (Å²) in [7, 11) is 0. The van der Waals surface area contributed by atoms with Crippen molar-refractivity contribution in [2.45, 2.75) is 27.4 Å². The van der Waals surface area contributed by atoms with E-state index in [1.165, 1.54) is 5.56 Å². The van der Waals surface area contributed by atoms with Crippen molar-refractivity contribution in [2.24, 2.45) is 0 Å². The predicted octanol–water partition coefficient (Wildman–Crippen LogP) is 4.55. The lowest BCUT2D eigenvalue weighted by Gasteiger charge is -2.15. The Labute approximate surface area is 118 Å². The van der Waals surface area contributed by atoms with Crippen LogP contribution in [0, 0.1) is 20.8 Å². The molecular formula is C16H17ClO2. The molecule has 2 aromatic rings. The highest BCUT2D eigenvalue weighted by atomic mass is 35.5. The topological polar surface area (TPSA) is 29.5 Å². The molecule has 0 heterocycles. The Balaban J connectivity index is 2.44. The van der Waals surface area contributed by atoms with Crippen molar-refractivity contribution in [3.8, 4) is 11.5 Å². The number of benzene rings is 2. The van der Waals surface area contributed by atoms with E-state index in [1.54, 1.807) is 18.2 Å². The summed E-state index contributed by atoms with van der Waals surface area (Å²) in [5, 5.41) is 9.97. The van der Waals surface area contributed by atoms with E-state index in [2.05, 4.69) is 13.0 Å². The average Bonchev–Trinajstić information content (AvgIpc) is 2.40. The molecule has 0 unspecified atom stereocenters. The highest BCUT2D eigenvalue weighted by Crippen LogP contribution is 2.33. The minimum atomic E-state index is -0.0974. The largest absolute Gasteiger partial charge is 0.456 e. The van der Waals surface area contributed by atoms with Crippen molar-refractivity contribution in [1.82, 2.24) is 0 Å². The van der Waals surface area contributed by atoms with Gasteiger partial charge in [0.05, 0.1) is 6.61 Å². The molecule has 0 spiro atoms. The van der Waals surface area contributed by atoms with E-state index in [4.69, 9.17) is 16.3 Å². The van der Waals surface area contributed by atoms with Crippen LogP contribution in [0.2, 0.25) is 5.02 Å². The number of hydrogen-bond acceptors (Lipinski definition) is 2. The molecule has 0 aliphatic rings. The third-order valence-corrected chi connectivity index (χ3v) is 3.51. The number of ether oxygens (including phenoxy) is 1. The fourth-order valence-corrected chi connectivity index (χ4v) is 2.16. The van der Waals surface area contributed by atoms with E-state index in [0.29, 0.717) is 16.3 Å². The van der Waals surface area contributed by atoms with Gasteiger partial charge >= 0.3 is 0 Å². The quantitative estimate of drug-likeness (QED) is 0.891. The summed E-state index contributed by atoms with van der Waals surface area (Å²) < 4.78 is 5.98. The van der Waals surface area contributed by atoms with Crippen molar-refractivity contribution in [1.29, 1.82) is 0 Å². The van der Waals surface area contributed by atoms with Gasteiger partial charge in [-0.15, -0.1) is 0 Å². The van der Waals surface area contributed by atoms with Crippen molar-refractivity contribution in [3.63, 3.8) is 0 Å². The number of halogens is 1. The number of hydrogen-bond donors (Lipinski definition) is 1. The van der Waals surface area contributed by atoms with Crippen LogP contribution in [-0.4, -0.2) is 5.11 Å². The number of rotatable bonds is 3. The van der Waals surface area contributed by atoms with Gasteiger partial charge in [-0.1, -0.05) is 23.7 Å². The molecule has 0 aliphatic carbocycles. The Morgan fingerprint density at radius 2 is 1.74 bits per heavy atom. The van der Waals surface area contributed by atoms with Gasteiger partial charge in [0.25, 0.3) is 0 Å². The number of aliphatic hydroxyl groups excluding tert-OH is 1. The normalized spacial score (nSPS) is 10.6. The van der Waals surface area contributed by atoms with Crippen LogP contribution in [-0.2, 0) is 6.61 Å². The van der Waals surface area contributed by atoms with Gasteiger partial charge in [-0.25, -0.2) is 0 Å². The Kier molecular flexibility index (Phi) is 4.13. The molecule has 0 fully saturated rings. The van der Waals surface area contributed by atoms with Crippen molar-refractivity contribution >= 4 is 11.6 Å². The zero-order valence-electron chi connectivity index (χ0n) is 11.3. The lowest BCUT2D eigenvalue weighted by atomic mass is 10.1. The third-order valence-electron chi connectivity index (χ3n) is 3.28. The summed E-state index contributed by atoms with van der Waals surface area (Å²) in [5.41, 5.74) is 4.05. The molecule has 0 atom stereocenters. The molecule has 0 aromatic heterocycles. The molecule has 2 aromatic carbocycles. The summed E-state index contributed by atoms with van der Waals surface area (Å²) in [4.78, 5) is 0. The monoisotopic (exact) mass is 276 g/mol. The smallest absolute Gasteiger partial charge is 0.133 e. The van der Waals surface area contributed by atoms with Crippen LogP contribution in [0.1, 0.15) is 22.3 Å².